The molecule has 3 aromatic rings. The number of aliphatic hydroxyl groups is 3. The van der Waals surface area contributed by atoms with Gasteiger partial charge in [-0.1, -0.05) is 12.1 Å². The minimum Gasteiger partial charge on any atom is -0.394 e. The molecule has 0 amide bonds. The lowest BCUT2D eigenvalue weighted by atomic mass is 10.1. The number of rotatable bonds is 8. The first-order valence-electron chi connectivity index (χ1n) is 9.90. The molecule has 5 N–H and O–H groups in total. The Morgan fingerprint density at radius 1 is 1.09 bits per heavy atom. The van der Waals surface area contributed by atoms with Gasteiger partial charge in [0, 0.05) is 6.54 Å². The molecule has 0 bridgehead atoms. The zero-order valence-corrected chi connectivity index (χ0v) is 17.6. The highest BCUT2D eigenvalue weighted by Crippen LogP contribution is 2.32. The van der Waals surface area contributed by atoms with Gasteiger partial charge in [0.05, 0.1) is 17.8 Å². The molecule has 32 heavy (non-hydrogen) atoms. The lowest BCUT2D eigenvalue weighted by Gasteiger charge is -2.16. The van der Waals surface area contributed by atoms with Crippen LogP contribution < -0.4 is 5.32 Å². The summed E-state index contributed by atoms with van der Waals surface area (Å²) >= 11 is 0. The lowest BCUT2D eigenvalue weighted by molar-refractivity contribution is -0.0511. The van der Waals surface area contributed by atoms with Crippen molar-refractivity contribution in [2.75, 3.05) is 18.5 Å². The van der Waals surface area contributed by atoms with Crippen molar-refractivity contribution < 1.29 is 33.0 Å². The second-order valence-electron chi connectivity index (χ2n) is 7.42. The molecular formula is C19H23N5O7S. The molecule has 0 spiro atoms. The summed E-state index contributed by atoms with van der Waals surface area (Å²) in [5.41, 5.74) is 1.78. The van der Waals surface area contributed by atoms with Crippen molar-refractivity contribution >= 4 is 27.1 Å². The predicted octanol–water partition coefficient (Wildman–Crippen LogP) is -0.271. The first-order valence-corrected chi connectivity index (χ1v) is 11.3. The fourth-order valence-electron chi connectivity index (χ4n) is 3.60. The molecule has 0 saturated carbocycles. The Balaban J connectivity index is 1.40. The van der Waals surface area contributed by atoms with E-state index < -0.39 is 41.3 Å². The standard InChI is InChI=1S/C19H23N5O7S/c25-8-13-15(26)16(27)19(31-13)24-10-23-14-17(21-9-22-18(14)24)20-7-1-2-11-3-5-12(6-4-11)32(28,29)30/h3-6,9-10,13,15-16,19,25-27H,1-2,7-8H2,(H,20,21,22)(H,28,29,30)/t13-,15?,16?,19-/m1/s1. The van der Waals surface area contributed by atoms with Crippen LogP contribution in [0.2, 0.25) is 0 Å². The fraction of sp³-hybridized carbons (Fsp3) is 0.421. The van der Waals surface area contributed by atoms with E-state index in [0.717, 1.165) is 5.56 Å². The Bertz CT molecular complexity index is 1180. The van der Waals surface area contributed by atoms with E-state index in [2.05, 4.69) is 20.3 Å². The van der Waals surface area contributed by atoms with Gasteiger partial charge in [0.15, 0.2) is 23.2 Å². The van der Waals surface area contributed by atoms with Crippen LogP contribution in [0, 0.1) is 0 Å². The minimum absolute atomic E-state index is 0.146. The number of aromatic nitrogens is 4. The van der Waals surface area contributed by atoms with E-state index in [1.54, 1.807) is 12.1 Å². The first kappa shape index (κ1) is 22.5. The van der Waals surface area contributed by atoms with Gasteiger partial charge in [-0.3, -0.25) is 9.12 Å². The van der Waals surface area contributed by atoms with E-state index in [-0.39, 0.29) is 4.90 Å². The van der Waals surface area contributed by atoms with Crippen molar-refractivity contribution in [3.05, 3.63) is 42.5 Å². The second-order valence-corrected chi connectivity index (χ2v) is 8.85. The largest absolute Gasteiger partial charge is 0.394 e. The summed E-state index contributed by atoms with van der Waals surface area (Å²) < 4.78 is 38.3. The molecule has 2 unspecified atom stereocenters. The SMILES string of the molecule is O=S(=O)(O)c1ccc(CCCNc2ncnc3c2ncn3[C@@H]2O[C@H](CO)C(O)C2O)cc1. The van der Waals surface area contributed by atoms with Gasteiger partial charge in [-0.15, -0.1) is 0 Å². The van der Waals surface area contributed by atoms with Crippen molar-refractivity contribution in [3.63, 3.8) is 0 Å². The average molecular weight is 465 g/mol. The van der Waals surface area contributed by atoms with Crippen LogP contribution in [0.25, 0.3) is 11.2 Å². The Morgan fingerprint density at radius 3 is 2.50 bits per heavy atom. The van der Waals surface area contributed by atoms with Crippen molar-refractivity contribution in [2.45, 2.75) is 42.3 Å². The monoisotopic (exact) mass is 465 g/mol. The molecule has 3 heterocycles. The molecule has 4 rings (SSSR count). The summed E-state index contributed by atoms with van der Waals surface area (Å²) in [5, 5.41) is 32.7. The molecule has 0 aliphatic carbocycles. The number of anilines is 1. The Hall–Kier alpha value is -2.68. The number of nitrogens with one attached hydrogen (secondary N) is 1. The third-order valence-electron chi connectivity index (χ3n) is 5.31. The molecule has 12 nitrogen and oxygen atoms in total. The predicted molar refractivity (Wildman–Crippen MR) is 111 cm³/mol. The number of hydrogen-bond donors (Lipinski definition) is 5. The zero-order valence-electron chi connectivity index (χ0n) is 16.8. The van der Waals surface area contributed by atoms with E-state index in [9.17, 15) is 23.7 Å². The van der Waals surface area contributed by atoms with Crippen LogP contribution in [-0.2, 0) is 21.3 Å². The van der Waals surface area contributed by atoms with Gasteiger partial charge in [0.1, 0.15) is 24.6 Å². The van der Waals surface area contributed by atoms with E-state index in [1.807, 2.05) is 0 Å². The van der Waals surface area contributed by atoms with Crippen LogP contribution in [0.3, 0.4) is 0 Å². The maximum Gasteiger partial charge on any atom is 0.294 e. The molecule has 13 heteroatoms. The van der Waals surface area contributed by atoms with Crippen molar-refractivity contribution in [1.29, 1.82) is 0 Å². The molecule has 1 aliphatic heterocycles. The number of nitrogens with zero attached hydrogens (tertiary/aromatic N) is 4. The average Bonchev–Trinajstić information content (AvgIpc) is 3.32. The number of ether oxygens (including phenoxy) is 1. The minimum atomic E-state index is -4.20. The molecule has 1 saturated heterocycles. The molecule has 1 aromatic carbocycles. The van der Waals surface area contributed by atoms with Crippen LogP contribution in [0.1, 0.15) is 18.2 Å². The maximum atomic E-state index is 11.1. The van der Waals surface area contributed by atoms with E-state index >= 15 is 0 Å². The van der Waals surface area contributed by atoms with Gasteiger partial charge in [-0.2, -0.15) is 8.42 Å². The van der Waals surface area contributed by atoms with Gasteiger partial charge in [-0.05, 0) is 30.5 Å². The highest BCUT2D eigenvalue weighted by atomic mass is 32.2. The lowest BCUT2D eigenvalue weighted by Crippen LogP contribution is -2.33. The Kier molecular flexibility index (Phi) is 6.37. The van der Waals surface area contributed by atoms with Crippen LogP contribution >= 0.6 is 0 Å². The van der Waals surface area contributed by atoms with Crippen LogP contribution in [-0.4, -0.2) is 79.3 Å². The number of aryl methyl sites for hydroxylation is 1. The van der Waals surface area contributed by atoms with Gasteiger partial charge in [0.2, 0.25) is 0 Å². The number of imidazole rings is 1. The topological polar surface area (TPSA) is 180 Å². The zero-order chi connectivity index (χ0) is 22.9. The number of aliphatic hydroxyl groups excluding tert-OH is 3. The summed E-state index contributed by atoms with van der Waals surface area (Å²) in [5.74, 6) is 0.488. The Morgan fingerprint density at radius 2 is 1.84 bits per heavy atom. The van der Waals surface area contributed by atoms with Crippen LogP contribution in [0.15, 0.2) is 41.8 Å². The number of benzene rings is 1. The van der Waals surface area contributed by atoms with E-state index in [4.69, 9.17) is 9.29 Å². The third kappa shape index (κ3) is 4.44. The summed E-state index contributed by atoms with van der Waals surface area (Å²) in [4.78, 5) is 12.6. The first-order chi connectivity index (χ1) is 15.3. The van der Waals surface area contributed by atoms with Gasteiger partial charge >= 0.3 is 0 Å². The van der Waals surface area contributed by atoms with Gasteiger partial charge < -0.3 is 25.4 Å². The summed E-state index contributed by atoms with van der Waals surface area (Å²) in [6.45, 7) is 0.120. The van der Waals surface area contributed by atoms with E-state index in [0.29, 0.717) is 36.4 Å². The molecular weight excluding hydrogens is 442 g/mol. The van der Waals surface area contributed by atoms with Gasteiger partial charge in [0.25, 0.3) is 10.1 Å². The molecule has 1 fully saturated rings. The Labute approximate surface area is 183 Å². The molecule has 0 radical (unpaired) electrons. The maximum absolute atomic E-state index is 11.1. The highest BCUT2D eigenvalue weighted by Gasteiger charge is 2.44. The molecule has 172 valence electrons. The van der Waals surface area contributed by atoms with E-state index in [1.165, 1.54) is 29.4 Å². The normalized spacial score (nSPS) is 23.6. The molecule has 4 atom stereocenters. The van der Waals surface area contributed by atoms with Gasteiger partial charge in [-0.25, -0.2) is 15.0 Å². The summed E-state index contributed by atoms with van der Waals surface area (Å²) in [7, 11) is -4.20. The molecule has 1 aliphatic rings. The van der Waals surface area contributed by atoms with Crippen molar-refractivity contribution in [1.82, 2.24) is 19.5 Å². The number of hydrogen-bond acceptors (Lipinski definition) is 10. The quantitative estimate of drug-likeness (QED) is 0.218. The van der Waals surface area contributed by atoms with Crippen molar-refractivity contribution in [2.24, 2.45) is 0 Å². The molecule has 2 aromatic heterocycles. The second kappa shape index (κ2) is 9.05. The smallest absolute Gasteiger partial charge is 0.294 e. The number of fused-ring (bicyclic) bond motifs is 1. The summed E-state index contributed by atoms with van der Waals surface area (Å²) in [6.07, 6.45) is -0.161. The third-order valence-corrected chi connectivity index (χ3v) is 6.17. The van der Waals surface area contributed by atoms with Crippen molar-refractivity contribution in [3.8, 4) is 0 Å². The van der Waals surface area contributed by atoms with Crippen LogP contribution in [0.4, 0.5) is 5.82 Å². The summed E-state index contributed by atoms with van der Waals surface area (Å²) in [6, 6.07) is 6.01. The van der Waals surface area contributed by atoms with Crippen LogP contribution in [0.5, 0.6) is 0 Å². The highest BCUT2D eigenvalue weighted by molar-refractivity contribution is 7.85. The fourth-order valence-corrected chi connectivity index (χ4v) is 4.08.